The molecule has 0 radical (unpaired) electrons. The lowest BCUT2D eigenvalue weighted by atomic mass is 10.2. The molecule has 0 saturated heterocycles. The summed E-state index contributed by atoms with van der Waals surface area (Å²) in [4.78, 5) is 12.3. The molecule has 0 unspecified atom stereocenters. The summed E-state index contributed by atoms with van der Waals surface area (Å²) in [6.07, 6.45) is 2.88. The van der Waals surface area contributed by atoms with Gasteiger partial charge < -0.3 is 5.32 Å². The van der Waals surface area contributed by atoms with Crippen molar-refractivity contribution in [3.8, 4) is 0 Å². The van der Waals surface area contributed by atoms with Crippen molar-refractivity contribution in [1.82, 2.24) is 5.32 Å². The molecule has 1 amide bonds. The van der Waals surface area contributed by atoms with Crippen molar-refractivity contribution in [3.63, 3.8) is 0 Å². The third kappa shape index (κ3) is 5.18. The molecule has 0 fully saturated rings. The topological polar surface area (TPSA) is 66.5 Å². The van der Waals surface area contributed by atoms with Gasteiger partial charge in [0.2, 0.25) is 15.9 Å². The molecule has 1 aromatic carbocycles. The van der Waals surface area contributed by atoms with Gasteiger partial charge in [-0.15, -0.1) is 0 Å². The first-order valence-electron chi connectivity index (χ1n) is 7.22. The predicted molar refractivity (Wildman–Crippen MR) is 90.7 cm³/mol. The number of halogens is 1. The minimum absolute atomic E-state index is 0.00609. The van der Waals surface area contributed by atoms with Crippen molar-refractivity contribution in [2.45, 2.75) is 45.7 Å². The lowest BCUT2D eigenvalue weighted by Crippen LogP contribution is -2.49. The molecule has 0 aromatic heterocycles. The van der Waals surface area contributed by atoms with Crippen LogP contribution in [-0.2, 0) is 14.8 Å². The zero-order valence-electron chi connectivity index (χ0n) is 13.3. The van der Waals surface area contributed by atoms with Gasteiger partial charge in [-0.2, -0.15) is 0 Å². The van der Waals surface area contributed by atoms with Gasteiger partial charge in [-0.3, -0.25) is 9.10 Å². The Labute approximate surface area is 137 Å². The second kappa shape index (κ2) is 7.83. The van der Waals surface area contributed by atoms with E-state index < -0.39 is 16.1 Å². The van der Waals surface area contributed by atoms with Gasteiger partial charge in [-0.05, 0) is 44.5 Å². The summed E-state index contributed by atoms with van der Waals surface area (Å²) >= 11 is 5.83. The van der Waals surface area contributed by atoms with E-state index in [1.54, 1.807) is 31.2 Å². The Morgan fingerprint density at radius 1 is 1.27 bits per heavy atom. The molecule has 7 heteroatoms. The number of anilines is 1. The highest BCUT2D eigenvalue weighted by Gasteiger charge is 2.29. The Hall–Kier alpha value is -1.27. The Kier molecular flexibility index (Phi) is 6.68. The summed E-state index contributed by atoms with van der Waals surface area (Å²) in [7, 11) is -3.59. The van der Waals surface area contributed by atoms with Gasteiger partial charge in [0.25, 0.3) is 0 Å². The van der Waals surface area contributed by atoms with Crippen LogP contribution in [0.2, 0.25) is 5.02 Å². The highest BCUT2D eigenvalue weighted by atomic mass is 35.5. The third-order valence-electron chi connectivity index (χ3n) is 3.28. The van der Waals surface area contributed by atoms with Crippen LogP contribution in [0.5, 0.6) is 0 Å². The number of sulfonamides is 1. The molecule has 0 aliphatic heterocycles. The Morgan fingerprint density at radius 2 is 1.82 bits per heavy atom. The minimum Gasteiger partial charge on any atom is -0.352 e. The number of benzene rings is 1. The quantitative estimate of drug-likeness (QED) is 0.825. The van der Waals surface area contributed by atoms with E-state index in [1.807, 2.05) is 13.8 Å². The van der Waals surface area contributed by atoms with Gasteiger partial charge in [-0.25, -0.2) is 8.42 Å². The van der Waals surface area contributed by atoms with E-state index >= 15 is 0 Å². The van der Waals surface area contributed by atoms with E-state index in [4.69, 9.17) is 11.6 Å². The second-order valence-corrected chi connectivity index (χ2v) is 7.71. The molecule has 0 aliphatic rings. The van der Waals surface area contributed by atoms with Gasteiger partial charge >= 0.3 is 0 Å². The third-order valence-corrected chi connectivity index (χ3v) is 4.77. The fourth-order valence-corrected chi connectivity index (χ4v) is 3.57. The average molecular weight is 347 g/mol. The number of nitrogens with one attached hydrogen (secondary N) is 1. The maximum absolute atomic E-state index is 12.3. The largest absolute Gasteiger partial charge is 0.352 e. The summed E-state index contributed by atoms with van der Waals surface area (Å²) in [5, 5.41) is 3.35. The number of nitrogens with zero attached hydrogens (tertiary/aromatic N) is 1. The molecule has 1 aromatic rings. The first-order valence-corrected chi connectivity index (χ1v) is 9.44. The molecule has 1 N–H and O–H groups in total. The Morgan fingerprint density at radius 3 is 2.27 bits per heavy atom. The highest BCUT2D eigenvalue weighted by molar-refractivity contribution is 7.92. The van der Waals surface area contributed by atoms with Crippen LogP contribution < -0.4 is 9.62 Å². The van der Waals surface area contributed by atoms with E-state index in [-0.39, 0.29) is 11.9 Å². The Balaban J connectivity index is 3.02. The first-order chi connectivity index (χ1) is 10.2. The monoisotopic (exact) mass is 346 g/mol. The number of hydrogen-bond donors (Lipinski definition) is 1. The summed E-state index contributed by atoms with van der Waals surface area (Å²) in [6.45, 7) is 5.51. The van der Waals surface area contributed by atoms with Crippen LogP contribution in [0.25, 0.3) is 0 Å². The van der Waals surface area contributed by atoms with Crippen molar-refractivity contribution in [1.29, 1.82) is 0 Å². The normalized spacial score (nSPS) is 14.2. The lowest BCUT2D eigenvalue weighted by Gasteiger charge is -2.29. The van der Waals surface area contributed by atoms with Crippen LogP contribution in [0.4, 0.5) is 5.69 Å². The van der Waals surface area contributed by atoms with Gasteiger partial charge in [0.15, 0.2) is 0 Å². The lowest BCUT2D eigenvalue weighted by molar-refractivity contribution is -0.122. The maximum Gasteiger partial charge on any atom is 0.243 e. The molecule has 124 valence electrons. The molecular weight excluding hydrogens is 324 g/mol. The van der Waals surface area contributed by atoms with Crippen LogP contribution in [0.15, 0.2) is 24.3 Å². The fourth-order valence-electron chi connectivity index (χ4n) is 2.27. The molecule has 0 spiro atoms. The molecule has 0 heterocycles. The number of carbonyl (C=O) groups is 1. The molecule has 1 rings (SSSR count). The zero-order valence-corrected chi connectivity index (χ0v) is 14.9. The predicted octanol–water partition coefficient (Wildman–Crippen LogP) is 2.80. The van der Waals surface area contributed by atoms with Gasteiger partial charge in [0.05, 0.1) is 11.9 Å². The van der Waals surface area contributed by atoms with Crippen molar-refractivity contribution < 1.29 is 13.2 Å². The molecule has 0 bridgehead atoms. The molecular formula is C15H23ClN2O3S. The van der Waals surface area contributed by atoms with E-state index in [1.165, 1.54) is 0 Å². The second-order valence-electron chi connectivity index (χ2n) is 5.41. The summed E-state index contributed by atoms with van der Waals surface area (Å²) in [5.74, 6) is -0.318. The van der Waals surface area contributed by atoms with E-state index in [0.717, 1.165) is 23.4 Å². The van der Waals surface area contributed by atoms with Crippen LogP contribution in [0.1, 0.15) is 33.6 Å². The van der Waals surface area contributed by atoms with Crippen LogP contribution in [0, 0.1) is 0 Å². The van der Waals surface area contributed by atoms with Crippen LogP contribution in [-0.4, -0.2) is 32.7 Å². The molecule has 5 nitrogen and oxygen atoms in total. The van der Waals surface area contributed by atoms with Crippen molar-refractivity contribution in [2.24, 2.45) is 0 Å². The molecule has 2 atom stereocenters. The number of amides is 1. The first kappa shape index (κ1) is 18.8. The van der Waals surface area contributed by atoms with Gasteiger partial charge in [0.1, 0.15) is 6.04 Å². The highest BCUT2D eigenvalue weighted by Crippen LogP contribution is 2.23. The SMILES string of the molecule is CCC[C@H](C)NC(=O)[C@@H](C)N(c1ccc(Cl)cc1)S(C)(=O)=O. The van der Waals surface area contributed by atoms with E-state index in [9.17, 15) is 13.2 Å². The molecule has 22 heavy (non-hydrogen) atoms. The van der Waals surface area contributed by atoms with Gasteiger partial charge in [0, 0.05) is 11.1 Å². The van der Waals surface area contributed by atoms with Crippen LogP contribution >= 0.6 is 11.6 Å². The molecule has 0 aliphatic carbocycles. The van der Waals surface area contributed by atoms with Gasteiger partial charge in [-0.1, -0.05) is 24.9 Å². The van der Waals surface area contributed by atoms with Crippen molar-refractivity contribution in [2.75, 3.05) is 10.6 Å². The van der Waals surface area contributed by atoms with E-state index in [2.05, 4.69) is 5.32 Å². The van der Waals surface area contributed by atoms with Crippen molar-refractivity contribution >= 4 is 33.2 Å². The minimum atomic E-state index is -3.59. The zero-order chi connectivity index (χ0) is 16.9. The summed E-state index contributed by atoms with van der Waals surface area (Å²) < 4.78 is 25.3. The van der Waals surface area contributed by atoms with Crippen LogP contribution in [0.3, 0.4) is 0 Å². The fraction of sp³-hybridized carbons (Fsp3) is 0.533. The average Bonchev–Trinajstić information content (AvgIpc) is 2.39. The summed E-state index contributed by atoms with van der Waals surface area (Å²) in [5.41, 5.74) is 0.415. The Bertz CT molecular complexity index is 602. The van der Waals surface area contributed by atoms with Crippen molar-refractivity contribution in [3.05, 3.63) is 29.3 Å². The number of rotatable bonds is 7. The number of hydrogen-bond acceptors (Lipinski definition) is 3. The number of carbonyl (C=O) groups excluding carboxylic acids is 1. The summed E-state index contributed by atoms with van der Waals surface area (Å²) in [6, 6.07) is 5.53. The smallest absolute Gasteiger partial charge is 0.243 e. The molecule has 0 saturated carbocycles. The maximum atomic E-state index is 12.3. The standard InChI is InChI=1S/C15H23ClN2O3S/c1-5-6-11(2)17-15(19)12(3)18(22(4,20)21)14-9-7-13(16)8-10-14/h7-12H,5-6H2,1-4H3,(H,17,19)/t11-,12+/m0/s1. The van der Waals surface area contributed by atoms with E-state index in [0.29, 0.717) is 10.7 Å².